The molecule has 2 aromatic heterocycles. The molecule has 3 aromatic rings. The van der Waals surface area contributed by atoms with Crippen LogP contribution in [0.25, 0.3) is 11.0 Å². The van der Waals surface area contributed by atoms with Gasteiger partial charge in [-0.05, 0) is 32.2 Å². The van der Waals surface area contributed by atoms with Gasteiger partial charge in [0.15, 0.2) is 11.4 Å². The number of nitrogens with zero attached hydrogens (tertiary/aromatic N) is 4. The molecular formula is C20H22N4O3S. The first-order chi connectivity index (χ1) is 13.4. The first-order valence-corrected chi connectivity index (χ1v) is 10.6. The maximum atomic E-state index is 13.2. The van der Waals surface area contributed by atoms with Crippen LogP contribution in [0.1, 0.15) is 17.3 Å². The summed E-state index contributed by atoms with van der Waals surface area (Å²) in [6, 6.07) is 10.1. The number of ketones is 1. The van der Waals surface area contributed by atoms with Crippen LogP contribution in [0, 0.1) is 0 Å². The zero-order valence-corrected chi connectivity index (χ0v) is 16.7. The quantitative estimate of drug-likeness (QED) is 0.628. The fraction of sp³-hybridized carbons (Fsp3) is 0.300. The molecule has 1 saturated heterocycles. The Morgan fingerprint density at radius 1 is 1.04 bits per heavy atom. The van der Waals surface area contributed by atoms with Crippen molar-refractivity contribution in [3.63, 3.8) is 0 Å². The van der Waals surface area contributed by atoms with E-state index in [0.29, 0.717) is 10.9 Å². The maximum Gasteiger partial charge on any atom is 0.269 e. The molecule has 8 heteroatoms. The van der Waals surface area contributed by atoms with Gasteiger partial charge in [0.2, 0.25) is 0 Å². The second-order valence-corrected chi connectivity index (χ2v) is 8.85. The third-order valence-corrected chi connectivity index (χ3v) is 6.82. The van der Waals surface area contributed by atoms with Crippen LogP contribution in [0.3, 0.4) is 0 Å². The Morgan fingerprint density at radius 3 is 2.36 bits per heavy atom. The van der Waals surface area contributed by atoms with Crippen LogP contribution in [0.15, 0.2) is 53.7 Å². The number of carbonyl (C=O) groups excluding carboxylic acids is 1. The van der Waals surface area contributed by atoms with E-state index in [9.17, 15) is 13.2 Å². The van der Waals surface area contributed by atoms with Crippen LogP contribution in [0.4, 0.5) is 5.69 Å². The fourth-order valence-corrected chi connectivity index (χ4v) is 4.91. The van der Waals surface area contributed by atoms with Crippen molar-refractivity contribution in [1.82, 2.24) is 13.9 Å². The molecule has 0 spiro atoms. The van der Waals surface area contributed by atoms with Crippen LogP contribution < -0.4 is 4.90 Å². The van der Waals surface area contributed by atoms with Crippen LogP contribution in [-0.4, -0.2) is 61.3 Å². The van der Waals surface area contributed by atoms with Gasteiger partial charge in [-0.3, -0.25) is 4.79 Å². The van der Waals surface area contributed by atoms with Crippen LogP contribution in [-0.2, 0) is 10.0 Å². The van der Waals surface area contributed by atoms with Gasteiger partial charge in [-0.1, -0.05) is 18.2 Å². The number of likely N-dealkylation sites (N-methyl/N-ethyl adjacent to an activating group) is 1. The van der Waals surface area contributed by atoms with Crippen molar-refractivity contribution in [3.8, 4) is 0 Å². The van der Waals surface area contributed by atoms with Crippen molar-refractivity contribution >= 4 is 32.5 Å². The number of hydrogen-bond donors (Lipinski definition) is 0. The topological polar surface area (TPSA) is 75.5 Å². The molecule has 0 saturated carbocycles. The van der Waals surface area contributed by atoms with Crippen molar-refractivity contribution in [1.29, 1.82) is 0 Å². The highest BCUT2D eigenvalue weighted by atomic mass is 32.2. The lowest BCUT2D eigenvalue weighted by Crippen LogP contribution is -2.44. The summed E-state index contributed by atoms with van der Waals surface area (Å²) in [7, 11) is -1.79. The molecule has 146 valence electrons. The highest BCUT2D eigenvalue weighted by Crippen LogP contribution is 2.33. The number of fused-ring (bicyclic) bond motifs is 1. The number of pyridine rings is 1. The van der Waals surface area contributed by atoms with Gasteiger partial charge in [-0.15, -0.1) is 0 Å². The number of rotatable bonds is 4. The van der Waals surface area contributed by atoms with Crippen molar-refractivity contribution < 1.29 is 13.2 Å². The molecule has 0 N–H and O–H groups in total. The minimum absolute atomic E-state index is 0.161. The molecule has 0 aliphatic carbocycles. The molecule has 1 aliphatic heterocycles. The summed E-state index contributed by atoms with van der Waals surface area (Å²) in [6.45, 7) is 4.88. The summed E-state index contributed by atoms with van der Waals surface area (Å²) in [5.41, 5.74) is 1.51. The number of hydrogen-bond acceptors (Lipinski definition) is 6. The average molecular weight is 398 g/mol. The monoisotopic (exact) mass is 398 g/mol. The SMILES string of the molecule is CC(=O)c1cn(S(=O)(=O)c2ccccc2)c2nccc(N3CCN(C)CC3)c12. The molecule has 0 unspecified atom stereocenters. The number of carbonyl (C=O) groups is 1. The number of anilines is 1. The van der Waals surface area contributed by atoms with E-state index in [1.165, 1.54) is 13.1 Å². The van der Waals surface area contributed by atoms with Gasteiger partial charge in [0.1, 0.15) is 0 Å². The van der Waals surface area contributed by atoms with Gasteiger partial charge < -0.3 is 9.80 Å². The third kappa shape index (κ3) is 3.08. The lowest BCUT2D eigenvalue weighted by Gasteiger charge is -2.34. The first kappa shape index (κ1) is 18.6. The lowest BCUT2D eigenvalue weighted by molar-refractivity contribution is 0.101. The van der Waals surface area contributed by atoms with Crippen molar-refractivity contribution in [2.45, 2.75) is 11.8 Å². The Kier molecular flexibility index (Phi) is 4.68. The second kappa shape index (κ2) is 7.03. The Morgan fingerprint density at radius 2 is 1.71 bits per heavy atom. The molecule has 3 heterocycles. The predicted molar refractivity (Wildman–Crippen MR) is 108 cm³/mol. The van der Waals surface area contributed by atoms with Gasteiger partial charge in [0.25, 0.3) is 10.0 Å². The zero-order valence-electron chi connectivity index (χ0n) is 15.9. The predicted octanol–water partition coefficient (Wildman–Crippen LogP) is 2.23. The molecule has 4 rings (SSSR count). The standard InChI is InChI=1S/C20H22N4O3S/c1-15(25)17-14-24(28(26,27)16-6-4-3-5-7-16)20-19(17)18(8-9-21-20)23-12-10-22(2)11-13-23/h3-9,14H,10-13H2,1-2H3. The van der Waals surface area contributed by atoms with E-state index >= 15 is 0 Å². The average Bonchev–Trinajstić information content (AvgIpc) is 3.10. The summed E-state index contributed by atoms with van der Waals surface area (Å²) < 4.78 is 27.5. The molecule has 28 heavy (non-hydrogen) atoms. The molecule has 0 atom stereocenters. The van der Waals surface area contributed by atoms with E-state index in [2.05, 4.69) is 21.8 Å². The molecule has 0 bridgehead atoms. The summed E-state index contributed by atoms with van der Waals surface area (Å²) in [5, 5.41) is 0.596. The minimum Gasteiger partial charge on any atom is -0.368 e. The van der Waals surface area contributed by atoms with Crippen molar-refractivity contribution in [2.75, 3.05) is 38.1 Å². The lowest BCUT2D eigenvalue weighted by atomic mass is 10.1. The van der Waals surface area contributed by atoms with Crippen LogP contribution in [0.5, 0.6) is 0 Å². The van der Waals surface area contributed by atoms with E-state index in [1.54, 1.807) is 36.5 Å². The fourth-order valence-electron chi connectivity index (χ4n) is 3.58. The minimum atomic E-state index is -3.86. The number of aromatic nitrogens is 2. The highest BCUT2D eigenvalue weighted by molar-refractivity contribution is 7.90. The molecule has 0 radical (unpaired) electrons. The van der Waals surface area contributed by atoms with Crippen molar-refractivity contribution in [2.24, 2.45) is 0 Å². The van der Waals surface area contributed by atoms with Gasteiger partial charge in [0.05, 0.1) is 16.0 Å². The van der Waals surface area contributed by atoms with E-state index in [0.717, 1.165) is 35.8 Å². The van der Waals surface area contributed by atoms with Gasteiger partial charge >= 0.3 is 0 Å². The Hall–Kier alpha value is -2.71. The number of piperazine rings is 1. The smallest absolute Gasteiger partial charge is 0.269 e. The van der Waals surface area contributed by atoms with Crippen LogP contribution >= 0.6 is 0 Å². The Bertz CT molecular complexity index is 1130. The van der Waals surface area contributed by atoms with Crippen molar-refractivity contribution in [3.05, 3.63) is 54.4 Å². The van der Waals surface area contributed by atoms with Gasteiger partial charge in [-0.25, -0.2) is 17.4 Å². The highest BCUT2D eigenvalue weighted by Gasteiger charge is 2.27. The normalized spacial score (nSPS) is 15.9. The van der Waals surface area contributed by atoms with Crippen LogP contribution in [0.2, 0.25) is 0 Å². The first-order valence-electron chi connectivity index (χ1n) is 9.14. The number of Topliss-reactive ketones (excluding diaryl/α,β-unsaturated/α-hetero) is 1. The molecule has 1 aromatic carbocycles. The van der Waals surface area contributed by atoms with Gasteiger partial charge in [-0.2, -0.15) is 0 Å². The molecular weight excluding hydrogens is 376 g/mol. The molecule has 1 fully saturated rings. The Labute approximate surface area is 164 Å². The molecule has 0 amide bonds. The zero-order chi connectivity index (χ0) is 19.9. The summed E-state index contributed by atoms with van der Waals surface area (Å²) in [6.07, 6.45) is 3.01. The van der Waals surface area contributed by atoms with Gasteiger partial charge in [0, 0.05) is 44.1 Å². The summed E-state index contributed by atoms with van der Waals surface area (Å²) in [4.78, 5) is 21.3. The Balaban J connectivity index is 1.93. The van der Waals surface area contributed by atoms with E-state index < -0.39 is 10.0 Å². The third-order valence-electron chi connectivity index (χ3n) is 5.16. The summed E-state index contributed by atoms with van der Waals surface area (Å²) in [5.74, 6) is -0.185. The maximum absolute atomic E-state index is 13.2. The second-order valence-electron chi connectivity index (χ2n) is 7.03. The van der Waals surface area contributed by atoms with E-state index in [4.69, 9.17) is 0 Å². The number of benzene rings is 1. The van der Waals surface area contributed by atoms with E-state index in [1.807, 2.05) is 6.07 Å². The molecule has 1 aliphatic rings. The molecule has 7 nitrogen and oxygen atoms in total. The largest absolute Gasteiger partial charge is 0.368 e. The summed E-state index contributed by atoms with van der Waals surface area (Å²) >= 11 is 0. The van der Waals surface area contributed by atoms with E-state index in [-0.39, 0.29) is 16.3 Å².